The first-order chi connectivity index (χ1) is 11.6. The standard InChI is InChI=1S/C16H14ClNO6S/c1-10(15(19)20)18(13-4-2-3-11(9-13)16(21)22)25(23,24)14-7-5-12(17)6-8-14/h2-10H,1H3,(H,19,20)(H,21,22). The molecule has 2 N–H and O–H groups in total. The quantitative estimate of drug-likeness (QED) is 0.793. The van der Waals surface area contributed by atoms with E-state index in [1.54, 1.807) is 0 Å². The molecule has 0 fully saturated rings. The van der Waals surface area contributed by atoms with Crippen molar-refractivity contribution in [3.8, 4) is 0 Å². The molecule has 0 amide bonds. The summed E-state index contributed by atoms with van der Waals surface area (Å²) >= 11 is 5.76. The van der Waals surface area contributed by atoms with E-state index in [1.165, 1.54) is 49.4 Å². The minimum Gasteiger partial charge on any atom is -0.480 e. The lowest BCUT2D eigenvalue weighted by Crippen LogP contribution is -2.43. The Hall–Kier alpha value is -2.58. The number of aliphatic carboxylic acids is 1. The van der Waals surface area contributed by atoms with Crippen molar-refractivity contribution in [2.75, 3.05) is 4.31 Å². The van der Waals surface area contributed by atoms with E-state index in [-0.39, 0.29) is 16.1 Å². The fourth-order valence-electron chi connectivity index (χ4n) is 2.17. The number of aromatic carboxylic acids is 1. The zero-order valence-corrected chi connectivity index (χ0v) is 14.5. The molecule has 9 heteroatoms. The van der Waals surface area contributed by atoms with Gasteiger partial charge in [0, 0.05) is 5.02 Å². The molecule has 0 aliphatic carbocycles. The first kappa shape index (κ1) is 18.8. The van der Waals surface area contributed by atoms with Gasteiger partial charge in [-0.1, -0.05) is 17.7 Å². The highest BCUT2D eigenvalue weighted by molar-refractivity contribution is 7.92. The highest BCUT2D eigenvalue weighted by Crippen LogP contribution is 2.28. The lowest BCUT2D eigenvalue weighted by atomic mass is 10.2. The van der Waals surface area contributed by atoms with E-state index in [2.05, 4.69) is 0 Å². The van der Waals surface area contributed by atoms with Crippen molar-refractivity contribution in [3.63, 3.8) is 0 Å². The van der Waals surface area contributed by atoms with Gasteiger partial charge in [0.2, 0.25) is 0 Å². The Kier molecular flexibility index (Phi) is 5.34. The van der Waals surface area contributed by atoms with Gasteiger partial charge in [-0.05, 0) is 49.4 Å². The van der Waals surface area contributed by atoms with E-state index in [0.717, 1.165) is 6.07 Å². The van der Waals surface area contributed by atoms with E-state index in [4.69, 9.17) is 16.7 Å². The van der Waals surface area contributed by atoms with Crippen LogP contribution in [0.2, 0.25) is 5.02 Å². The van der Waals surface area contributed by atoms with Crippen molar-refractivity contribution in [1.29, 1.82) is 0 Å². The Balaban J connectivity index is 2.64. The first-order valence-electron chi connectivity index (χ1n) is 7.01. The van der Waals surface area contributed by atoms with E-state index >= 15 is 0 Å². The Morgan fingerprint density at radius 2 is 1.68 bits per heavy atom. The Labute approximate surface area is 149 Å². The molecule has 2 aromatic rings. The summed E-state index contributed by atoms with van der Waals surface area (Å²) < 4.78 is 26.6. The van der Waals surface area contributed by atoms with Gasteiger partial charge in [-0.25, -0.2) is 18.0 Å². The number of nitrogens with zero attached hydrogens (tertiary/aromatic N) is 1. The van der Waals surface area contributed by atoms with E-state index in [0.29, 0.717) is 9.33 Å². The molecular formula is C16H14ClNO6S. The van der Waals surface area contributed by atoms with Gasteiger partial charge in [0.05, 0.1) is 16.1 Å². The Bertz CT molecular complexity index is 910. The summed E-state index contributed by atoms with van der Waals surface area (Å²) in [5.74, 6) is -2.63. The number of hydrogen-bond acceptors (Lipinski definition) is 4. The fraction of sp³-hybridized carbons (Fsp3) is 0.125. The summed E-state index contributed by atoms with van der Waals surface area (Å²) in [6.07, 6.45) is 0. The largest absolute Gasteiger partial charge is 0.480 e. The van der Waals surface area contributed by atoms with Gasteiger partial charge in [-0.15, -0.1) is 0 Å². The predicted octanol–water partition coefficient (Wildman–Crippen LogP) is 2.71. The maximum Gasteiger partial charge on any atom is 0.335 e. The number of hydrogen-bond donors (Lipinski definition) is 2. The Morgan fingerprint density at radius 3 is 2.20 bits per heavy atom. The summed E-state index contributed by atoms with van der Waals surface area (Å²) in [7, 11) is -4.26. The first-order valence-corrected chi connectivity index (χ1v) is 8.82. The minimum atomic E-state index is -4.26. The lowest BCUT2D eigenvalue weighted by Gasteiger charge is -2.28. The molecule has 1 atom stereocenters. The van der Waals surface area contributed by atoms with Gasteiger partial charge in [0.25, 0.3) is 10.0 Å². The Morgan fingerprint density at radius 1 is 1.08 bits per heavy atom. The van der Waals surface area contributed by atoms with E-state index < -0.39 is 28.0 Å². The van der Waals surface area contributed by atoms with Crippen molar-refractivity contribution < 1.29 is 28.2 Å². The third-order valence-corrected chi connectivity index (χ3v) is 5.59. The van der Waals surface area contributed by atoms with Crippen LogP contribution in [0.3, 0.4) is 0 Å². The molecule has 0 heterocycles. The van der Waals surface area contributed by atoms with Crippen LogP contribution in [0.1, 0.15) is 17.3 Å². The average molecular weight is 384 g/mol. The van der Waals surface area contributed by atoms with Gasteiger partial charge in [-0.3, -0.25) is 4.31 Å². The van der Waals surface area contributed by atoms with Gasteiger partial charge in [0.1, 0.15) is 6.04 Å². The highest BCUT2D eigenvalue weighted by atomic mass is 35.5. The maximum absolute atomic E-state index is 12.9. The normalized spacial score (nSPS) is 12.4. The van der Waals surface area contributed by atoms with Gasteiger partial charge < -0.3 is 10.2 Å². The molecule has 132 valence electrons. The van der Waals surface area contributed by atoms with Gasteiger partial charge >= 0.3 is 11.9 Å². The minimum absolute atomic E-state index is 0.0650. The number of carboxylic acid groups (broad SMARTS) is 2. The van der Waals surface area contributed by atoms with Crippen LogP contribution in [-0.4, -0.2) is 36.6 Å². The predicted molar refractivity (Wildman–Crippen MR) is 91.6 cm³/mol. The van der Waals surface area contributed by atoms with E-state index in [1.807, 2.05) is 0 Å². The number of halogens is 1. The molecule has 1 unspecified atom stereocenters. The molecule has 7 nitrogen and oxygen atoms in total. The summed E-state index contributed by atoms with van der Waals surface area (Å²) in [5, 5.41) is 18.7. The second-order valence-electron chi connectivity index (χ2n) is 5.12. The van der Waals surface area contributed by atoms with Crippen molar-refractivity contribution >= 4 is 39.3 Å². The van der Waals surface area contributed by atoms with Crippen LogP contribution in [0, 0.1) is 0 Å². The molecular weight excluding hydrogens is 370 g/mol. The average Bonchev–Trinajstić information content (AvgIpc) is 2.55. The third kappa shape index (κ3) is 3.92. The second kappa shape index (κ2) is 7.12. The molecule has 0 aliphatic heterocycles. The molecule has 0 radical (unpaired) electrons. The molecule has 0 spiro atoms. The summed E-state index contributed by atoms with van der Waals surface area (Å²) in [6, 6.07) is 8.85. The zero-order chi connectivity index (χ0) is 18.8. The van der Waals surface area contributed by atoms with Gasteiger partial charge in [-0.2, -0.15) is 0 Å². The monoisotopic (exact) mass is 383 g/mol. The maximum atomic E-state index is 12.9. The lowest BCUT2D eigenvalue weighted by molar-refractivity contribution is -0.137. The van der Waals surface area contributed by atoms with Crippen molar-refractivity contribution in [1.82, 2.24) is 0 Å². The molecule has 0 saturated heterocycles. The zero-order valence-electron chi connectivity index (χ0n) is 13.0. The summed E-state index contributed by atoms with van der Waals surface area (Å²) in [4.78, 5) is 22.4. The smallest absolute Gasteiger partial charge is 0.335 e. The second-order valence-corrected chi connectivity index (χ2v) is 7.38. The topological polar surface area (TPSA) is 112 Å². The number of sulfonamides is 1. The number of carboxylic acids is 2. The van der Waals surface area contributed by atoms with Crippen LogP contribution in [-0.2, 0) is 14.8 Å². The molecule has 0 aliphatic rings. The molecule has 2 rings (SSSR count). The SMILES string of the molecule is CC(C(=O)O)N(c1cccc(C(=O)O)c1)S(=O)(=O)c1ccc(Cl)cc1. The number of carbonyl (C=O) groups is 2. The number of rotatable bonds is 6. The summed E-state index contributed by atoms with van der Waals surface area (Å²) in [6.45, 7) is 1.20. The van der Waals surface area contributed by atoms with Crippen LogP contribution >= 0.6 is 11.6 Å². The van der Waals surface area contributed by atoms with Crippen LogP contribution in [0.5, 0.6) is 0 Å². The number of benzene rings is 2. The molecule has 0 saturated carbocycles. The fourth-order valence-corrected chi connectivity index (χ4v) is 3.90. The van der Waals surface area contributed by atoms with Crippen molar-refractivity contribution in [2.24, 2.45) is 0 Å². The molecule has 2 aromatic carbocycles. The third-order valence-electron chi connectivity index (χ3n) is 3.43. The van der Waals surface area contributed by atoms with Crippen LogP contribution in [0.25, 0.3) is 0 Å². The van der Waals surface area contributed by atoms with E-state index in [9.17, 15) is 23.1 Å². The van der Waals surface area contributed by atoms with Crippen LogP contribution in [0.4, 0.5) is 5.69 Å². The summed E-state index contributed by atoms with van der Waals surface area (Å²) in [5.41, 5.74) is -0.226. The highest BCUT2D eigenvalue weighted by Gasteiger charge is 2.33. The molecule has 25 heavy (non-hydrogen) atoms. The molecule has 0 bridgehead atoms. The van der Waals surface area contributed by atoms with Gasteiger partial charge in [0.15, 0.2) is 0 Å². The number of anilines is 1. The van der Waals surface area contributed by atoms with Crippen molar-refractivity contribution in [3.05, 3.63) is 59.1 Å². The van der Waals surface area contributed by atoms with Crippen molar-refractivity contribution in [2.45, 2.75) is 17.9 Å². The van der Waals surface area contributed by atoms with Crippen LogP contribution < -0.4 is 4.31 Å². The van der Waals surface area contributed by atoms with Crippen LogP contribution in [0.15, 0.2) is 53.4 Å². The molecule has 0 aromatic heterocycles.